The summed E-state index contributed by atoms with van der Waals surface area (Å²) in [6.45, 7) is -0.568. The van der Waals surface area contributed by atoms with Crippen LogP contribution in [0.5, 0.6) is 0 Å². The first-order valence-electron chi connectivity index (χ1n) is 14.9. The van der Waals surface area contributed by atoms with Gasteiger partial charge in [-0.05, 0) is 41.5 Å². The van der Waals surface area contributed by atoms with Crippen molar-refractivity contribution in [3.63, 3.8) is 0 Å². The van der Waals surface area contributed by atoms with Gasteiger partial charge in [0.2, 0.25) is 12.1 Å². The Balaban J connectivity index is 1.57. The first kappa shape index (κ1) is 33.6. The van der Waals surface area contributed by atoms with Crippen molar-refractivity contribution in [3.05, 3.63) is 137 Å². The number of aliphatic imine (C=N–C) groups is 1. The number of amides is 2. The highest BCUT2D eigenvalue weighted by atomic mass is 19.2. The Labute approximate surface area is 273 Å². The third-order valence-corrected chi connectivity index (χ3v) is 7.92. The minimum atomic E-state index is -1.46. The summed E-state index contributed by atoms with van der Waals surface area (Å²) in [4.78, 5) is 57.7. The van der Waals surface area contributed by atoms with Crippen LogP contribution in [0.25, 0.3) is 0 Å². The van der Waals surface area contributed by atoms with Crippen LogP contribution >= 0.6 is 0 Å². The average Bonchev–Trinajstić information content (AvgIpc) is 3.18. The van der Waals surface area contributed by atoms with Crippen LogP contribution in [0.2, 0.25) is 0 Å². The number of carbonyl (C=O) groups is 4. The molecule has 1 aliphatic rings. The molecule has 3 atom stereocenters. The molecule has 0 saturated heterocycles. The minimum absolute atomic E-state index is 0.0506. The fourth-order valence-corrected chi connectivity index (χ4v) is 5.50. The highest BCUT2D eigenvalue weighted by Gasteiger charge is 2.37. The molecular weight excluding hydrogens is 627 g/mol. The van der Waals surface area contributed by atoms with E-state index in [1.54, 1.807) is 43.4 Å². The van der Waals surface area contributed by atoms with Gasteiger partial charge in [-0.2, -0.15) is 0 Å². The van der Waals surface area contributed by atoms with E-state index in [1.807, 2.05) is 18.2 Å². The molecule has 0 radical (unpaired) electrons. The van der Waals surface area contributed by atoms with Crippen molar-refractivity contribution in [3.8, 4) is 0 Å². The molecule has 0 aliphatic carbocycles. The average molecular weight is 658 g/mol. The molecule has 4 aromatic carbocycles. The number of hydrogen-bond acceptors (Lipinski definition) is 6. The number of ether oxygens (including phenoxy) is 1. The van der Waals surface area contributed by atoms with Crippen LogP contribution in [-0.2, 0) is 23.9 Å². The third kappa shape index (κ3) is 7.60. The maximum atomic E-state index is 14.5. The molecule has 1 heterocycles. The first-order valence-corrected chi connectivity index (χ1v) is 14.9. The van der Waals surface area contributed by atoms with E-state index in [9.17, 15) is 32.3 Å². The summed E-state index contributed by atoms with van der Waals surface area (Å²) < 4.78 is 47.9. The molecule has 12 heteroatoms. The van der Waals surface area contributed by atoms with Gasteiger partial charge < -0.3 is 20.1 Å². The van der Waals surface area contributed by atoms with Crippen molar-refractivity contribution in [1.29, 1.82) is 0 Å². The van der Waals surface area contributed by atoms with Gasteiger partial charge in [0.15, 0.2) is 11.6 Å². The van der Waals surface area contributed by atoms with Gasteiger partial charge in [0.05, 0.1) is 36.8 Å². The molecule has 48 heavy (non-hydrogen) atoms. The Bertz CT molecular complexity index is 1870. The maximum Gasteiger partial charge on any atom is 0.306 e. The number of nitrogens with one attached hydrogen (secondary N) is 1. The normalized spacial score (nSPS) is 15.4. The maximum absolute atomic E-state index is 14.5. The Morgan fingerprint density at radius 3 is 2.23 bits per heavy atom. The number of benzodiazepines with no additional fused rings is 1. The Kier molecular flexibility index (Phi) is 10.3. The fraction of sp³-hybridized carbons (Fsp3) is 0.194. The van der Waals surface area contributed by atoms with Gasteiger partial charge in [-0.3, -0.25) is 19.2 Å². The van der Waals surface area contributed by atoms with Gasteiger partial charge in [0, 0.05) is 24.1 Å². The highest BCUT2D eigenvalue weighted by molar-refractivity contribution is 6.20. The molecule has 5 rings (SSSR count). The van der Waals surface area contributed by atoms with Crippen LogP contribution in [0, 0.1) is 17.5 Å². The second-order valence-electron chi connectivity index (χ2n) is 11.1. The van der Waals surface area contributed by atoms with Crippen molar-refractivity contribution >= 4 is 35.2 Å². The van der Waals surface area contributed by atoms with Gasteiger partial charge in [0.1, 0.15) is 5.82 Å². The number of rotatable bonds is 11. The van der Waals surface area contributed by atoms with Gasteiger partial charge in [-0.25, -0.2) is 18.2 Å². The Morgan fingerprint density at radius 1 is 0.875 bits per heavy atom. The molecule has 0 fully saturated rings. The zero-order valence-corrected chi connectivity index (χ0v) is 25.6. The minimum Gasteiger partial charge on any atom is -0.481 e. The number of esters is 1. The van der Waals surface area contributed by atoms with E-state index in [2.05, 4.69) is 5.32 Å². The molecule has 0 unspecified atom stereocenters. The lowest BCUT2D eigenvalue weighted by Gasteiger charge is -2.29. The quantitative estimate of drug-likeness (QED) is 0.210. The molecule has 246 valence electrons. The van der Waals surface area contributed by atoms with Crippen molar-refractivity contribution in [1.82, 2.24) is 5.32 Å². The largest absolute Gasteiger partial charge is 0.481 e. The Hall–Kier alpha value is -5.78. The molecule has 4 aromatic rings. The van der Waals surface area contributed by atoms with Gasteiger partial charge in [0.25, 0.3) is 5.91 Å². The van der Waals surface area contributed by atoms with Gasteiger partial charge >= 0.3 is 11.9 Å². The standard InChI is InChI=1S/C36H30F3N3O6/c1-42-29-10-6-5-9-25(29)33(22-7-3-2-4-8-22)40-34(36(42)47)41-35(46)32(21-11-14-24(37)15-12-21)26(20-48-31(45)18-17-30(43)44)23-13-16-27(38)28(39)19-23/h2-16,19,26,32,34H,17-18,20H2,1H3,(H,41,46)(H,43,44)/t26-,32+,34+/m0/s1. The Morgan fingerprint density at radius 2 is 1.54 bits per heavy atom. The molecule has 0 saturated carbocycles. The number of aliphatic carboxylic acids is 1. The number of halogens is 3. The van der Waals surface area contributed by atoms with Crippen molar-refractivity contribution < 1.29 is 42.2 Å². The molecule has 0 spiro atoms. The molecule has 2 amide bonds. The summed E-state index contributed by atoms with van der Waals surface area (Å²) in [5.41, 5.74) is 2.54. The van der Waals surface area contributed by atoms with Crippen molar-refractivity contribution in [2.45, 2.75) is 30.8 Å². The summed E-state index contributed by atoms with van der Waals surface area (Å²) in [6.07, 6.45) is -2.46. The van der Waals surface area contributed by atoms with E-state index in [4.69, 9.17) is 14.8 Å². The number of fused-ring (bicyclic) bond motifs is 1. The summed E-state index contributed by atoms with van der Waals surface area (Å²) in [5.74, 6) is -9.10. The summed E-state index contributed by atoms with van der Waals surface area (Å²) in [6, 6.07) is 23.9. The highest BCUT2D eigenvalue weighted by Crippen LogP contribution is 2.36. The number of nitrogens with zero attached hydrogens (tertiary/aromatic N) is 2. The number of carboxylic acid groups (broad SMARTS) is 1. The van der Waals surface area contributed by atoms with E-state index in [0.717, 1.165) is 24.3 Å². The van der Waals surface area contributed by atoms with Gasteiger partial charge in [-0.1, -0.05) is 66.7 Å². The van der Waals surface area contributed by atoms with Crippen molar-refractivity contribution in [2.24, 2.45) is 4.99 Å². The first-order chi connectivity index (χ1) is 23.0. The van der Waals surface area contributed by atoms with Crippen LogP contribution in [-0.4, -0.2) is 54.4 Å². The lowest BCUT2D eigenvalue weighted by Crippen LogP contribution is -2.48. The third-order valence-electron chi connectivity index (χ3n) is 7.92. The van der Waals surface area contributed by atoms with Crippen LogP contribution in [0.4, 0.5) is 18.9 Å². The molecular formula is C36H30F3N3O6. The number of anilines is 1. The zero-order valence-electron chi connectivity index (χ0n) is 25.6. The SMILES string of the molecule is CN1C(=O)[C@@H](NC(=O)[C@H](c2ccc(F)cc2)[C@@H](COC(=O)CCC(=O)O)c2ccc(F)c(F)c2)N=C(c2ccccc2)c2ccccc21. The molecule has 0 aromatic heterocycles. The van der Waals surface area contributed by atoms with E-state index < -0.39 is 78.7 Å². The van der Waals surface area contributed by atoms with Crippen LogP contribution in [0.3, 0.4) is 0 Å². The summed E-state index contributed by atoms with van der Waals surface area (Å²) in [5, 5.41) is 11.7. The number of hydrogen-bond donors (Lipinski definition) is 2. The number of carboxylic acids is 1. The molecule has 2 N–H and O–H groups in total. The smallest absolute Gasteiger partial charge is 0.306 e. The number of carbonyl (C=O) groups excluding carboxylic acids is 3. The lowest BCUT2D eigenvalue weighted by molar-refractivity contribution is -0.148. The number of para-hydroxylation sites is 1. The second-order valence-corrected chi connectivity index (χ2v) is 11.1. The van der Waals surface area contributed by atoms with Crippen LogP contribution < -0.4 is 10.2 Å². The van der Waals surface area contributed by atoms with Crippen LogP contribution in [0.15, 0.2) is 102 Å². The molecule has 1 aliphatic heterocycles. The van der Waals surface area contributed by atoms with Crippen LogP contribution in [0.1, 0.15) is 46.9 Å². The fourth-order valence-electron chi connectivity index (χ4n) is 5.50. The number of likely N-dealkylation sites (N-methyl/N-ethyl adjacent to an activating group) is 1. The number of benzene rings is 4. The second kappa shape index (κ2) is 14.8. The predicted molar refractivity (Wildman–Crippen MR) is 170 cm³/mol. The lowest BCUT2D eigenvalue weighted by atomic mass is 9.81. The van der Waals surface area contributed by atoms with E-state index in [-0.39, 0.29) is 11.1 Å². The topological polar surface area (TPSA) is 125 Å². The predicted octanol–water partition coefficient (Wildman–Crippen LogP) is 5.34. The van der Waals surface area contributed by atoms with E-state index in [1.165, 1.54) is 23.1 Å². The van der Waals surface area contributed by atoms with E-state index >= 15 is 0 Å². The van der Waals surface area contributed by atoms with E-state index in [0.29, 0.717) is 22.5 Å². The molecule has 9 nitrogen and oxygen atoms in total. The van der Waals surface area contributed by atoms with Gasteiger partial charge in [-0.15, -0.1) is 0 Å². The zero-order chi connectivity index (χ0) is 34.4. The van der Waals surface area contributed by atoms with Crippen molar-refractivity contribution in [2.75, 3.05) is 18.6 Å². The summed E-state index contributed by atoms with van der Waals surface area (Å²) >= 11 is 0. The monoisotopic (exact) mass is 657 g/mol. The molecule has 0 bridgehead atoms. The summed E-state index contributed by atoms with van der Waals surface area (Å²) in [7, 11) is 1.54.